The van der Waals surface area contributed by atoms with Gasteiger partial charge in [0.05, 0.1) is 22.9 Å². The Hall–Kier alpha value is -3.52. The Morgan fingerprint density at radius 3 is 2.48 bits per heavy atom. The number of hydrogen-bond donors (Lipinski definition) is 0. The number of carbonyl (C=O) groups is 1. The highest BCUT2D eigenvalue weighted by Gasteiger charge is 2.33. The molecule has 3 aromatic heterocycles. The Morgan fingerprint density at radius 2 is 1.79 bits per heavy atom. The number of nitrogens with zero attached hydrogens (tertiary/aromatic N) is 3. The SMILES string of the molecule is CCOC(=O)C(C)(C)c1cccc(-c2ccnc3c2ccn3S(=O)(=O)c2ccc(C)cc2)n1. The lowest BCUT2D eigenvalue weighted by molar-refractivity contribution is -0.148. The van der Waals surface area contributed by atoms with Crippen molar-refractivity contribution in [3.63, 3.8) is 0 Å². The van der Waals surface area contributed by atoms with Gasteiger partial charge < -0.3 is 4.74 Å². The topological polar surface area (TPSA) is 91.1 Å². The van der Waals surface area contributed by atoms with E-state index in [0.29, 0.717) is 22.4 Å². The summed E-state index contributed by atoms with van der Waals surface area (Å²) in [5.41, 5.74) is 2.25. The number of aryl methyl sites for hydroxylation is 1. The summed E-state index contributed by atoms with van der Waals surface area (Å²) in [5, 5.41) is 0.645. The van der Waals surface area contributed by atoms with Crippen molar-refractivity contribution in [3.05, 3.63) is 78.2 Å². The molecule has 4 rings (SSSR count). The molecule has 0 saturated heterocycles. The van der Waals surface area contributed by atoms with Crippen LogP contribution in [0.25, 0.3) is 22.3 Å². The van der Waals surface area contributed by atoms with E-state index in [9.17, 15) is 13.2 Å². The zero-order valence-corrected chi connectivity index (χ0v) is 19.8. The Balaban J connectivity index is 1.81. The van der Waals surface area contributed by atoms with Crippen molar-refractivity contribution in [1.82, 2.24) is 13.9 Å². The molecule has 3 heterocycles. The lowest BCUT2D eigenvalue weighted by atomic mass is 9.88. The van der Waals surface area contributed by atoms with Crippen molar-refractivity contribution in [1.29, 1.82) is 0 Å². The highest BCUT2D eigenvalue weighted by atomic mass is 32.2. The van der Waals surface area contributed by atoms with Crippen LogP contribution in [0.1, 0.15) is 32.0 Å². The van der Waals surface area contributed by atoms with Crippen LogP contribution in [0.15, 0.2) is 71.9 Å². The van der Waals surface area contributed by atoms with Crippen molar-refractivity contribution < 1.29 is 17.9 Å². The van der Waals surface area contributed by atoms with Crippen LogP contribution in [0, 0.1) is 6.92 Å². The Bertz CT molecular complexity index is 1440. The molecule has 0 bridgehead atoms. The van der Waals surface area contributed by atoms with Crippen LogP contribution in [0.4, 0.5) is 0 Å². The minimum atomic E-state index is -3.81. The first-order valence-electron chi connectivity index (χ1n) is 10.6. The summed E-state index contributed by atoms with van der Waals surface area (Å²) in [7, 11) is -3.81. The van der Waals surface area contributed by atoms with E-state index in [4.69, 9.17) is 9.72 Å². The van der Waals surface area contributed by atoms with E-state index in [2.05, 4.69) is 4.98 Å². The average molecular weight is 464 g/mol. The molecular weight excluding hydrogens is 438 g/mol. The minimum Gasteiger partial charge on any atom is -0.465 e. The second-order valence-corrected chi connectivity index (χ2v) is 10.1. The van der Waals surface area contributed by atoms with Gasteiger partial charge >= 0.3 is 5.97 Å². The summed E-state index contributed by atoms with van der Waals surface area (Å²) in [6.07, 6.45) is 3.06. The zero-order valence-electron chi connectivity index (χ0n) is 18.9. The third kappa shape index (κ3) is 4.02. The van der Waals surface area contributed by atoms with Gasteiger partial charge in [-0.05, 0) is 64.1 Å². The fourth-order valence-electron chi connectivity index (χ4n) is 3.60. The Kier molecular flexibility index (Phi) is 5.80. The highest BCUT2D eigenvalue weighted by molar-refractivity contribution is 7.90. The van der Waals surface area contributed by atoms with Gasteiger partial charge in [-0.2, -0.15) is 0 Å². The molecular formula is C25H25N3O4S. The second kappa shape index (κ2) is 8.44. The number of aromatic nitrogens is 3. The number of benzene rings is 1. The van der Waals surface area contributed by atoms with Crippen LogP contribution < -0.4 is 0 Å². The van der Waals surface area contributed by atoms with Crippen LogP contribution in [-0.4, -0.2) is 34.9 Å². The lowest BCUT2D eigenvalue weighted by Gasteiger charge is -2.22. The molecule has 170 valence electrons. The number of hydrogen-bond acceptors (Lipinski definition) is 6. The number of ether oxygens (including phenoxy) is 1. The van der Waals surface area contributed by atoms with Gasteiger partial charge in [-0.3, -0.25) is 9.78 Å². The zero-order chi connectivity index (χ0) is 23.8. The number of esters is 1. The van der Waals surface area contributed by atoms with Gasteiger partial charge in [-0.1, -0.05) is 23.8 Å². The monoisotopic (exact) mass is 463 g/mol. The fraction of sp³-hybridized carbons (Fsp3) is 0.240. The second-order valence-electron chi connectivity index (χ2n) is 8.28. The maximum atomic E-state index is 13.2. The summed E-state index contributed by atoms with van der Waals surface area (Å²) in [4.78, 5) is 21.7. The molecule has 1 aromatic carbocycles. The summed E-state index contributed by atoms with van der Waals surface area (Å²) >= 11 is 0. The van der Waals surface area contributed by atoms with Gasteiger partial charge in [0, 0.05) is 23.3 Å². The van der Waals surface area contributed by atoms with Crippen molar-refractivity contribution in [2.45, 2.75) is 38.0 Å². The first-order chi connectivity index (χ1) is 15.7. The number of fused-ring (bicyclic) bond motifs is 1. The first kappa shape index (κ1) is 22.7. The normalized spacial score (nSPS) is 12.1. The molecule has 0 aliphatic heterocycles. The largest absolute Gasteiger partial charge is 0.465 e. The third-order valence-electron chi connectivity index (χ3n) is 5.58. The van der Waals surface area contributed by atoms with Crippen molar-refractivity contribution in [2.24, 2.45) is 0 Å². The molecule has 0 aliphatic rings. The number of pyridine rings is 2. The minimum absolute atomic E-state index is 0.189. The molecule has 8 heteroatoms. The van der Waals surface area contributed by atoms with E-state index in [0.717, 1.165) is 11.1 Å². The van der Waals surface area contributed by atoms with Gasteiger partial charge in [0.25, 0.3) is 10.0 Å². The Morgan fingerprint density at radius 1 is 1.06 bits per heavy atom. The van der Waals surface area contributed by atoms with Gasteiger partial charge in [0.15, 0.2) is 5.65 Å². The van der Waals surface area contributed by atoms with Gasteiger partial charge in [0.2, 0.25) is 0 Å². The molecule has 4 aromatic rings. The quantitative estimate of drug-likeness (QED) is 0.392. The van der Waals surface area contributed by atoms with Crippen molar-refractivity contribution in [3.8, 4) is 11.3 Å². The summed E-state index contributed by atoms with van der Waals surface area (Å²) in [6.45, 7) is 7.49. The van der Waals surface area contributed by atoms with E-state index in [1.54, 1.807) is 69.4 Å². The predicted octanol–water partition coefficient (Wildman–Crippen LogP) is 4.48. The number of rotatable bonds is 6. The first-order valence-corrected chi connectivity index (χ1v) is 12.0. The molecule has 0 amide bonds. The summed E-state index contributed by atoms with van der Waals surface area (Å²) in [5.74, 6) is -0.357. The Labute approximate surface area is 193 Å². The molecule has 0 unspecified atom stereocenters. The molecule has 33 heavy (non-hydrogen) atoms. The van der Waals surface area contributed by atoms with E-state index < -0.39 is 15.4 Å². The van der Waals surface area contributed by atoms with E-state index in [1.165, 1.54) is 10.2 Å². The van der Waals surface area contributed by atoms with Crippen LogP contribution in [-0.2, 0) is 25.0 Å². The summed E-state index contributed by atoms with van der Waals surface area (Å²) in [6, 6.07) is 15.6. The van der Waals surface area contributed by atoms with Crippen LogP contribution in [0.5, 0.6) is 0 Å². The predicted molar refractivity (Wildman–Crippen MR) is 126 cm³/mol. The van der Waals surface area contributed by atoms with Gasteiger partial charge in [-0.15, -0.1) is 0 Å². The average Bonchev–Trinajstić information content (AvgIpc) is 3.25. The molecule has 7 nitrogen and oxygen atoms in total. The lowest BCUT2D eigenvalue weighted by Crippen LogP contribution is -2.32. The molecule has 0 saturated carbocycles. The van der Waals surface area contributed by atoms with E-state index in [-0.39, 0.29) is 17.5 Å². The van der Waals surface area contributed by atoms with Gasteiger partial charge in [0.1, 0.15) is 5.41 Å². The maximum Gasteiger partial charge on any atom is 0.317 e. The van der Waals surface area contributed by atoms with E-state index in [1.807, 2.05) is 19.1 Å². The molecule has 0 N–H and O–H groups in total. The maximum absolute atomic E-state index is 13.2. The standard InChI is InChI=1S/C25H25N3O4S/c1-5-32-24(29)25(3,4)22-8-6-7-21(27-22)19-13-15-26-23-20(19)14-16-28(23)33(30,31)18-11-9-17(2)10-12-18/h6-16H,5H2,1-4H3. The van der Waals surface area contributed by atoms with Gasteiger partial charge in [-0.25, -0.2) is 17.4 Å². The fourth-order valence-corrected chi connectivity index (χ4v) is 4.91. The molecule has 0 fully saturated rings. The van der Waals surface area contributed by atoms with Crippen LogP contribution >= 0.6 is 0 Å². The highest BCUT2D eigenvalue weighted by Crippen LogP contribution is 2.31. The van der Waals surface area contributed by atoms with Crippen molar-refractivity contribution in [2.75, 3.05) is 6.61 Å². The number of carbonyl (C=O) groups excluding carboxylic acids is 1. The van der Waals surface area contributed by atoms with E-state index >= 15 is 0 Å². The van der Waals surface area contributed by atoms with Crippen molar-refractivity contribution >= 4 is 27.0 Å². The molecule has 0 aliphatic carbocycles. The molecule has 0 spiro atoms. The molecule has 0 radical (unpaired) electrons. The molecule has 0 atom stereocenters. The van der Waals surface area contributed by atoms with Crippen LogP contribution in [0.2, 0.25) is 0 Å². The smallest absolute Gasteiger partial charge is 0.317 e. The summed E-state index contributed by atoms with van der Waals surface area (Å²) < 4.78 is 32.9. The van der Waals surface area contributed by atoms with Crippen LogP contribution in [0.3, 0.4) is 0 Å². The third-order valence-corrected chi connectivity index (χ3v) is 7.26.